The van der Waals surface area contributed by atoms with Crippen LogP contribution in [0.15, 0.2) is 36.4 Å². The lowest BCUT2D eigenvalue weighted by molar-refractivity contribution is -0.0698. The van der Waals surface area contributed by atoms with E-state index in [4.69, 9.17) is 15.2 Å². The van der Waals surface area contributed by atoms with Crippen LogP contribution in [0.1, 0.15) is 47.5 Å². The molecule has 8 heteroatoms. The van der Waals surface area contributed by atoms with E-state index in [0.29, 0.717) is 30.4 Å². The van der Waals surface area contributed by atoms with Gasteiger partial charge in [-0.05, 0) is 79.8 Å². The summed E-state index contributed by atoms with van der Waals surface area (Å²) in [7, 11) is 1.25. The maximum Gasteiger partial charge on any atom is 0.296 e. The van der Waals surface area contributed by atoms with Gasteiger partial charge in [0.05, 0.1) is 24.8 Å². The number of hydrogen-bond donors (Lipinski definition) is 2. The van der Waals surface area contributed by atoms with Gasteiger partial charge in [-0.1, -0.05) is 6.08 Å². The number of anilines is 2. The first-order chi connectivity index (χ1) is 16.2. The molecule has 0 bridgehead atoms. The molecule has 0 saturated carbocycles. The van der Waals surface area contributed by atoms with Crippen LogP contribution in [0.4, 0.5) is 20.3 Å². The maximum absolute atomic E-state index is 14.5. The highest BCUT2D eigenvalue weighted by Crippen LogP contribution is 2.35. The average molecular weight is 469 g/mol. The molecule has 0 amide bonds. The summed E-state index contributed by atoms with van der Waals surface area (Å²) in [5.41, 5.74) is 11.1. The van der Waals surface area contributed by atoms with Gasteiger partial charge in [-0.3, -0.25) is 0 Å². The molecule has 0 unspecified atom stereocenters. The Morgan fingerprint density at radius 1 is 1.18 bits per heavy atom. The standard InChI is InChI=1S/C26H30F2N4O2/c1-15-9-24-23(13-22(15)18-5-7-34-8-6-18)25(32-17(3)31-24)30-16(2)19-10-20(12-21(29)11-19)26(27,28)14-33-4/h5,9-13,16H,6-8,14,29H2,1-4H3,(H,30,31,32)/t16-/m1/s1. The van der Waals surface area contributed by atoms with Crippen LogP contribution in [0, 0.1) is 13.8 Å². The van der Waals surface area contributed by atoms with Crippen molar-refractivity contribution in [3.8, 4) is 0 Å². The topological polar surface area (TPSA) is 82.3 Å². The molecule has 1 aromatic heterocycles. The second-order valence-electron chi connectivity index (χ2n) is 8.75. The first-order valence-corrected chi connectivity index (χ1v) is 11.3. The predicted molar refractivity (Wildman–Crippen MR) is 131 cm³/mol. The smallest absolute Gasteiger partial charge is 0.296 e. The monoisotopic (exact) mass is 468 g/mol. The van der Waals surface area contributed by atoms with E-state index < -0.39 is 12.5 Å². The van der Waals surface area contributed by atoms with Gasteiger partial charge in [0.15, 0.2) is 0 Å². The molecule has 3 aromatic rings. The van der Waals surface area contributed by atoms with E-state index in [1.54, 1.807) is 6.07 Å². The fraction of sp³-hybridized carbons (Fsp3) is 0.385. The van der Waals surface area contributed by atoms with Crippen molar-refractivity contribution in [1.29, 1.82) is 0 Å². The van der Waals surface area contributed by atoms with E-state index in [9.17, 15) is 8.78 Å². The lowest BCUT2D eigenvalue weighted by Crippen LogP contribution is -2.21. The highest BCUT2D eigenvalue weighted by Gasteiger charge is 2.32. The van der Waals surface area contributed by atoms with Gasteiger partial charge in [-0.25, -0.2) is 9.97 Å². The zero-order chi connectivity index (χ0) is 24.5. The maximum atomic E-state index is 14.5. The van der Waals surface area contributed by atoms with Gasteiger partial charge in [-0.2, -0.15) is 8.78 Å². The predicted octanol–water partition coefficient (Wildman–Crippen LogP) is 5.54. The number of benzene rings is 2. The number of alkyl halides is 2. The van der Waals surface area contributed by atoms with Crippen LogP contribution < -0.4 is 11.1 Å². The first-order valence-electron chi connectivity index (χ1n) is 11.3. The Hall–Kier alpha value is -3.10. The zero-order valence-corrected chi connectivity index (χ0v) is 19.9. The van der Waals surface area contributed by atoms with Crippen molar-refractivity contribution in [2.45, 2.75) is 39.2 Å². The summed E-state index contributed by atoms with van der Waals surface area (Å²) >= 11 is 0. The third-order valence-electron chi connectivity index (χ3n) is 6.04. The van der Waals surface area contributed by atoms with E-state index in [0.717, 1.165) is 28.5 Å². The second kappa shape index (κ2) is 9.64. The normalized spacial score (nSPS) is 15.3. The molecule has 180 valence electrons. The third-order valence-corrected chi connectivity index (χ3v) is 6.04. The summed E-state index contributed by atoms with van der Waals surface area (Å²) in [4.78, 5) is 9.26. The molecule has 0 radical (unpaired) electrons. The Morgan fingerprint density at radius 2 is 1.97 bits per heavy atom. The van der Waals surface area contributed by atoms with Crippen molar-refractivity contribution < 1.29 is 18.3 Å². The Kier molecular flexibility index (Phi) is 6.81. The minimum absolute atomic E-state index is 0.175. The van der Waals surface area contributed by atoms with Crippen LogP contribution in [-0.4, -0.2) is 36.9 Å². The third kappa shape index (κ3) is 5.03. The number of nitrogen functional groups attached to an aromatic ring is 1. The number of nitrogens with zero attached hydrogens (tertiary/aromatic N) is 2. The molecule has 1 aliphatic rings. The summed E-state index contributed by atoms with van der Waals surface area (Å²) in [5, 5.41) is 4.28. The number of aromatic nitrogens is 2. The molecule has 0 saturated heterocycles. The molecule has 1 atom stereocenters. The van der Waals surface area contributed by atoms with Crippen molar-refractivity contribution >= 4 is 28.0 Å². The van der Waals surface area contributed by atoms with Crippen molar-refractivity contribution in [1.82, 2.24) is 9.97 Å². The van der Waals surface area contributed by atoms with E-state index in [-0.39, 0.29) is 17.3 Å². The van der Waals surface area contributed by atoms with Crippen molar-refractivity contribution in [3.63, 3.8) is 0 Å². The van der Waals surface area contributed by atoms with E-state index in [1.165, 1.54) is 24.8 Å². The molecular formula is C26H30F2N4O2. The highest BCUT2D eigenvalue weighted by molar-refractivity contribution is 5.93. The lowest BCUT2D eigenvalue weighted by atomic mass is 9.95. The summed E-state index contributed by atoms with van der Waals surface area (Å²) in [5.74, 6) is -1.86. The van der Waals surface area contributed by atoms with E-state index in [1.807, 2.05) is 13.8 Å². The van der Waals surface area contributed by atoms with Crippen LogP contribution in [0.3, 0.4) is 0 Å². The molecule has 1 aliphatic heterocycles. The molecular weight excluding hydrogens is 438 g/mol. The van der Waals surface area contributed by atoms with Crippen LogP contribution in [0.2, 0.25) is 0 Å². The molecule has 34 heavy (non-hydrogen) atoms. The van der Waals surface area contributed by atoms with Gasteiger partial charge >= 0.3 is 0 Å². The molecule has 0 fully saturated rings. The van der Waals surface area contributed by atoms with Gasteiger partial charge < -0.3 is 20.5 Å². The number of halogens is 2. The molecule has 4 rings (SSSR count). The number of nitrogens with one attached hydrogen (secondary N) is 1. The number of hydrogen-bond acceptors (Lipinski definition) is 6. The highest BCUT2D eigenvalue weighted by atomic mass is 19.3. The van der Waals surface area contributed by atoms with Crippen LogP contribution in [0.5, 0.6) is 0 Å². The van der Waals surface area contributed by atoms with E-state index in [2.05, 4.69) is 40.4 Å². The van der Waals surface area contributed by atoms with Crippen molar-refractivity contribution in [2.75, 3.05) is 38.0 Å². The molecule has 2 heterocycles. The fourth-order valence-corrected chi connectivity index (χ4v) is 4.31. The fourth-order valence-electron chi connectivity index (χ4n) is 4.31. The number of methoxy groups -OCH3 is 1. The van der Waals surface area contributed by atoms with Gasteiger partial charge in [0.1, 0.15) is 18.2 Å². The quantitative estimate of drug-likeness (QED) is 0.443. The van der Waals surface area contributed by atoms with Crippen LogP contribution in [-0.2, 0) is 15.4 Å². The SMILES string of the molecule is COCC(F)(F)c1cc(N)cc([C@@H](C)Nc2nc(C)nc3cc(C)c(C4=CCOCC4)cc23)c1. The molecule has 3 N–H and O–H groups in total. The van der Waals surface area contributed by atoms with Gasteiger partial charge in [0.2, 0.25) is 0 Å². The number of aryl methyl sites for hydroxylation is 2. The summed E-state index contributed by atoms with van der Waals surface area (Å²) < 4.78 is 39.1. The minimum Gasteiger partial charge on any atom is -0.399 e. The molecule has 2 aromatic carbocycles. The molecule has 0 spiro atoms. The minimum atomic E-state index is -3.14. The van der Waals surface area contributed by atoms with Crippen molar-refractivity contribution in [2.24, 2.45) is 0 Å². The van der Waals surface area contributed by atoms with E-state index >= 15 is 0 Å². The Morgan fingerprint density at radius 3 is 2.68 bits per heavy atom. The van der Waals surface area contributed by atoms with Gasteiger partial charge in [-0.15, -0.1) is 0 Å². The lowest BCUT2D eigenvalue weighted by Gasteiger charge is -2.22. The number of ether oxygens (including phenoxy) is 2. The number of rotatable bonds is 7. The average Bonchev–Trinajstić information content (AvgIpc) is 2.78. The molecule has 6 nitrogen and oxygen atoms in total. The van der Waals surface area contributed by atoms with Gasteiger partial charge in [0.25, 0.3) is 5.92 Å². The van der Waals surface area contributed by atoms with Crippen molar-refractivity contribution in [3.05, 3.63) is 64.5 Å². The molecule has 0 aliphatic carbocycles. The zero-order valence-electron chi connectivity index (χ0n) is 19.9. The number of fused-ring (bicyclic) bond motifs is 1. The second-order valence-corrected chi connectivity index (χ2v) is 8.75. The Balaban J connectivity index is 1.73. The Bertz CT molecular complexity index is 1240. The first kappa shape index (κ1) is 24.0. The Labute approximate surface area is 198 Å². The van der Waals surface area contributed by atoms with Crippen LogP contribution in [0.25, 0.3) is 16.5 Å². The summed E-state index contributed by atoms with van der Waals surface area (Å²) in [6.07, 6.45) is 2.96. The van der Waals surface area contributed by atoms with Gasteiger partial charge in [0, 0.05) is 23.7 Å². The van der Waals surface area contributed by atoms with Crippen LogP contribution >= 0.6 is 0 Å². The largest absolute Gasteiger partial charge is 0.399 e. The number of nitrogens with two attached hydrogens (primary N) is 1. The summed E-state index contributed by atoms with van der Waals surface area (Å²) in [6.45, 7) is 6.39. The summed E-state index contributed by atoms with van der Waals surface area (Å²) in [6, 6.07) is 8.29.